The van der Waals surface area contributed by atoms with Gasteiger partial charge in [-0.05, 0) is 37.8 Å². The van der Waals surface area contributed by atoms with E-state index in [1.54, 1.807) is 0 Å². The van der Waals surface area contributed by atoms with Gasteiger partial charge < -0.3 is 10.2 Å². The highest BCUT2D eigenvalue weighted by atomic mass is 15.1. The SMILES string of the molecule is CC(C)NCCCN1C[C@H](C)C[C@H](C)C1. The highest BCUT2D eigenvalue weighted by Gasteiger charge is 2.20. The quantitative estimate of drug-likeness (QED) is 0.704. The van der Waals surface area contributed by atoms with Gasteiger partial charge in [-0.15, -0.1) is 0 Å². The minimum absolute atomic E-state index is 0.629. The third-order valence-electron chi connectivity index (χ3n) is 3.15. The molecule has 0 spiro atoms. The number of likely N-dealkylation sites (tertiary alicyclic amines) is 1. The van der Waals surface area contributed by atoms with Crippen LogP contribution in [-0.2, 0) is 0 Å². The molecule has 0 bridgehead atoms. The molecule has 0 aromatic carbocycles. The number of nitrogens with zero attached hydrogens (tertiary/aromatic N) is 1. The number of nitrogens with one attached hydrogen (secondary N) is 1. The van der Waals surface area contributed by atoms with Crippen LogP contribution < -0.4 is 5.32 Å². The smallest absolute Gasteiger partial charge is 0.00103 e. The van der Waals surface area contributed by atoms with Crippen LogP contribution in [-0.4, -0.2) is 37.1 Å². The second kappa shape index (κ2) is 6.49. The van der Waals surface area contributed by atoms with Crippen LogP contribution in [0.15, 0.2) is 0 Å². The average Bonchev–Trinajstić information content (AvgIpc) is 2.10. The van der Waals surface area contributed by atoms with Crippen molar-refractivity contribution in [1.82, 2.24) is 10.2 Å². The van der Waals surface area contributed by atoms with E-state index in [4.69, 9.17) is 0 Å². The van der Waals surface area contributed by atoms with E-state index in [0.717, 1.165) is 18.4 Å². The highest BCUT2D eigenvalue weighted by molar-refractivity contribution is 4.74. The molecule has 0 aromatic heterocycles. The Morgan fingerprint density at radius 2 is 1.80 bits per heavy atom. The lowest BCUT2D eigenvalue weighted by Crippen LogP contribution is -2.40. The lowest BCUT2D eigenvalue weighted by Gasteiger charge is -2.35. The Hall–Kier alpha value is -0.0800. The van der Waals surface area contributed by atoms with Crippen LogP contribution >= 0.6 is 0 Å². The van der Waals surface area contributed by atoms with Gasteiger partial charge in [-0.3, -0.25) is 0 Å². The first kappa shape index (κ1) is 13.0. The van der Waals surface area contributed by atoms with Crippen molar-refractivity contribution < 1.29 is 0 Å². The Labute approximate surface area is 95.4 Å². The fourth-order valence-electron chi connectivity index (χ4n) is 2.67. The zero-order valence-corrected chi connectivity index (χ0v) is 10.9. The summed E-state index contributed by atoms with van der Waals surface area (Å²) in [6.07, 6.45) is 2.71. The summed E-state index contributed by atoms with van der Waals surface area (Å²) in [5.74, 6) is 1.79. The number of rotatable bonds is 5. The van der Waals surface area contributed by atoms with Crippen molar-refractivity contribution in [1.29, 1.82) is 0 Å². The summed E-state index contributed by atoms with van der Waals surface area (Å²) >= 11 is 0. The van der Waals surface area contributed by atoms with Crippen molar-refractivity contribution in [2.24, 2.45) is 11.8 Å². The summed E-state index contributed by atoms with van der Waals surface area (Å²) in [7, 11) is 0. The second-order valence-electron chi connectivity index (χ2n) is 5.67. The molecule has 1 rings (SSSR count). The molecule has 2 heteroatoms. The van der Waals surface area contributed by atoms with Gasteiger partial charge in [-0.1, -0.05) is 27.7 Å². The molecule has 90 valence electrons. The molecule has 0 saturated carbocycles. The Bertz CT molecular complexity index is 158. The lowest BCUT2D eigenvalue weighted by atomic mass is 9.92. The standard InChI is InChI=1S/C13H28N2/c1-11(2)14-6-5-7-15-9-12(3)8-13(4)10-15/h11-14H,5-10H2,1-4H3/t12-,13+. The monoisotopic (exact) mass is 212 g/mol. The molecule has 0 radical (unpaired) electrons. The van der Waals surface area contributed by atoms with Crippen molar-refractivity contribution in [3.63, 3.8) is 0 Å². The Morgan fingerprint density at radius 1 is 1.20 bits per heavy atom. The Kier molecular flexibility index (Phi) is 5.62. The molecule has 1 saturated heterocycles. The van der Waals surface area contributed by atoms with Gasteiger partial charge in [0.2, 0.25) is 0 Å². The maximum absolute atomic E-state index is 3.48. The molecule has 2 nitrogen and oxygen atoms in total. The maximum atomic E-state index is 3.48. The van der Waals surface area contributed by atoms with Crippen LogP contribution in [0.4, 0.5) is 0 Å². The van der Waals surface area contributed by atoms with E-state index in [2.05, 4.69) is 37.9 Å². The van der Waals surface area contributed by atoms with Crippen LogP contribution in [0.5, 0.6) is 0 Å². The van der Waals surface area contributed by atoms with Crippen molar-refractivity contribution in [3.8, 4) is 0 Å². The topological polar surface area (TPSA) is 15.3 Å². The maximum Gasteiger partial charge on any atom is 0.00103 e. The first-order valence-electron chi connectivity index (χ1n) is 6.53. The molecular formula is C13H28N2. The third kappa shape index (κ3) is 5.53. The second-order valence-corrected chi connectivity index (χ2v) is 5.67. The summed E-state index contributed by atoms with van der Waals surface area (Å²) in [5.41, 5.74) is 0. The first-order valence-corrected chi connectivity index (χ1v) is 6.53. The minimum Gasteiger partial charge on any atom is -0.314 e. The molecule has 0 aromatic rings. The molecule has 15 heavy (non-hydrogen) atoms. The number of hydrogen-bond acceptors (Lipinski definition) is 2. The molecule has 1 fully saturated rings. The fourth-order valence-corrected chi connectivity index (χ4v) is 2.67. The van der Waals surface area contributed by atoms with Gasteiger partial charge in [0.15, 0.2) is 0 Å². The van der Waals surface area contributed by atoms with Gasteiger partial charge in [0.1, 0.15) is 0 Å². The Balaban J connectivity index is 2.10. The van der Waals surface area contributed by atoms with E-state index in [0.29, 0.717) is 6.04 Å². The van der Waals surface area contributed by atoms with Gasteiger partial charge >= 0.3 is 0 Å². The predicted octanol–water partition coefficient (Wildman–Crippen LogP) is 2.35. The molecule has 1 aliphatic rings. The van der Waals surface area contributed by atoms with Gasteiger partial charge in [0, 0.05) is 19.1 Å². The van der Waals surface area contributed by atoms with Crippen LogP contribution in [0, 0.1) is 11.8 Å². The zero-order valence-electron chi connectivity index (χ0n) is 10.9. The van der Waals surface area contributed by atoms with Gasteiger partial charge in [0.25, 0.3) is 0 Å². The molecule has 0 amide bonds. The first-order chi connectivity index (χ1) is 7.08. The number of hydrogen-bond donors (Lipinski definition) is 1. The minimum atomic E-state index is 0.629. The number of piperidine rings is 1. The summed E-state index contributed by atoms with van der Waals surface area (Å²) in [6.45, 7) is 14.3. The van der Waals surface area contributed by atoms with Crippen molar-refractivity contribution in [3.05, 3.63) is 0 Å². The van der Waals surface area contributed by atoms with Gasteiger partial charge in [-0.25, -0.2) is 0 Å². The van der Waals surface area contributed by atoms with E-state index < -0.39 is 0 Å². The highest BCUT2D eigenvalue weighted by Crippen LogP contribution is 2.20. The molecule has 1 aliphatic heterocycles. The summed E-state index contributed by atoms with van der Waals surface area (Å²) in [5, 5.41) is 3.48. The van der Waals surface area contributed by atoms with E-state index in [-0.39, 0.29) is 0 Å². The van der Waals surface area contributed by atoms with Crippen LogP contribution in [0.25, 0.3) is 0 Å². The largest absolute Gasteiger partial charge is 0.314 e. The molecule has 1 N–H and O–H groups in total. The van der Waals surface area contributed by atoms with E-state index in [1.807, 2.05) is 0 Å². The molecule has 0 unspecified atom stereocenters. The summed E-state index contributed by atoms with van der Waals surface area (Å²) in [4.78, 5) is 2.64. The summed E-state index contributed by atoms with van der Waals surface area (Å²) < 4.78 is 0. The fraction of sp³-hybridized carbons (Fsp3) is 1.00. The van der Waals surface area contributed by atoms with Crippen molar-refractivity contribution in [2.45, 2.75) is 46.6 Å². The van der Waals surface area contributed by atoms with Crippen LogP contribution in [0.3, 0.4) is 0 Å². The van der Waals surface area contributed by atoms with Gasteiger partial charge in [-0.2, -0.15) is 0 Å². The molecule has 2 atom stereocenters. The van der Waals surface area contributed by atoms with Crippen molar-refractivity contribution in [2.75, 3.05) is 26.2 Å². The predicted molar refractivity (Wildman–Crippen MR) is 67.1 cm³/mol. The normalized spacial score (nSPS) is 28.6. The molecule has 0 aliphatic carbocycles. The molecule has 1 heterocycles. The average molecular weight is 212 g/mol. The van der Waals surface area contributed by atoms with E-state index >= 15 is 0 Å². The van der Waals surface area contributed by atoms with Gasteiger partial charge in [0.05, 0.1) is 0 Å². The van der Waals surface area contributed by atoms with Crippen molar-refractivity contribution >= 4 is 0 Å². The lowest BCUT2D eigenvalue weighted by molar-refractivity contribution is 0.139. The van der Waals surface area contributed by atoms with Crippen LogP contribution in [0.2, 0.25) is 0 Å². The van der Waals surface area contributed by atoms with E-state index in [1.165, 1.54) is 32.5 Å². The molecular weight excluding hydrogens is 184 g/mol. The Morgan fingerprint density at radius 3 is 2.33 bits per heavy atom. The third-order valence-corrected chi connectivity index (χ3v) is 3.15. The summed E-state index contributed by atoms with van der Waals surface area (Å²) in [6, 6.07) is 0.629. The zero-order chi connectivity index (χ0) is 11.3. The van der Waals surface area contributed by atoms with Crippen LogP contribution in [0.1, 0.15) is 40.5 Å². The van der Waals surface area contributed by atoms with E-state index in [9.17, 15) is 0 Å².